The van der Waals surface area contributed by atoms with Crippen LogP contribution in [0.3, 0.4) is 0 Å². The second kappa shape index (κ2) is 6.62. The Hall–Kier alpha value is -0.0800. The second-order valence-corrected chi connectivity index (χ2v) is 3.20. The summed E-state index contributed by atoms with van der Waals surface area (Å²) in [4.78, 5) is 4.72. The molecule has 68 valence electrons. The first-order chi connectivity index (χ1) is 5.20. The van der Waals surface area contributed by atoms with Gasteiger partial charge in [-0.1, -0.05) is 13.8 Å². The molecule has 0 radical (unpaired) electrons. The predicted molar refractivity (Wildman–Crippen MR) is 51.0 cm³/mol. The molecular formula is C9H22N2. The lowest BCUT2D eigenvalue weighted by atomic mass is 10.4. The Bertz CT molecular complexity index is 83.6. The van der Waals surface area contributed by atoms with Crippen molar-refractivity contribution in [3.8, 4) is 0 Å². The van der Waals surface area contributed by atoms with Crippen LogP contribution in [0.1, 0.15) is 20.3 Å². The summed E-state index contributed by atoms with van der Waals surface area (Å²) in [7, 11) is 4.35. The molecule has 0 saturated carbocycles. The minimum Gasteiger partial charge on any atom is -0.305 e. The van der Waals surface area contributed by atoms with Gasteiger partial charge in [-0.15, -0.1) is 0 Å². The minimum absolute atomic E-state index is 1.15. The van der Waals surface area contributed by atoms with Gasteiger partial charge in [0.2, 0.25) is 0 Å². The van der Waals surface area contributed by atoms with Crippen LogP contribution in [0.25, 0.3) is 0 Å². The first kappa shape index (κ1) is 10.9. The van der Waals surface area contributed by atoms with Gasteiger partial charge in [-0.25, -0.2) is 0 Å². The van der Waals surface area contributed by atoms with E-state index in [9.17, 15) is 0 Å². The molecule has 0 spiro atoms. The third-order valence-corrected chi connectivity index (χ3v) is 2.01. The average Bonchev–Trinajstić information content (AvgIpc) is 2.01. The van der Waals surface area contributed by atoms with Gasteiger partial charge in [0.05, 0.1) is 0 Å². The standard InChI is InChI=1S/C9H22N2/c1-5-7-11(4)9-8-10(3)6-2/h5-9H2,1-4H3. The highest BCUT2D eigenvalue weighted by atomic mass is 15.2. The summed E-state index contributed by atoms with van der Waals surface area (Å²) in [5.74, 6) is 0. The maximum Gasteiger partial charge on any atom is 0.0106 e. The molecule has 11 heavy (non-hydrogen) atoms. The van der Waals surface area contributed by atoms with Crippen LogP contribution in [0, 0.1) is 0 Å². The Kier molecular flexibility index (Phi) is 6.57. The van der Waals surface area contributed by atoms with Crippen molar-refractivity contribution >= 4 is 0 Å². The summed E-state index contributed by atoms with van der Waals surface area (Å²) in [6.07, 6.45) is 1.26. The van der Waals surface area contributed by atoms with Crippen molar-refractivity contribution in [2.45, 2.75) is 20.3 Å². The zero-order valence-corrected chi connectivity index (χ0v) is 8.43. The van der Waals surface area contributed by atoms with Crippen LogP contribution in [-0.4, -0.2) is 50.1 Å². The van der Waals surface area contributed by atoms with Crippen LogP contribution in [-0.2, 0) is 0 Å². The van der Waals surface area contributed by atoms with E-state index in [2.05, 4.69) is 37.7 Å². The largest absolute Gasteiger partial charge is 0.305 e. The van der Waals surface area contributed by atoms with Crippen LogP contribution in [0.5, 0.6) is 0 Å². The SMILES string of the molecule is CCCN(C)CCN(C)CC. The molecule has 2 nitrogen and oxygen atoms in total. The van der Waals surface area contributed by atoms with Gasteiger partial charge in [-0.2, -0.15) is 0 Å². The van der Waals surface area contributed by atoms with Crippen molar-refractivity contribution in [1.82, 2.24) is 9.80 Å². The van der Waals surface area contributed by atoms with Crippen LogP contribution in [0.4, 0.5) is 0 Å². The minimum atomic E-state index is 1.15. The summed E-state index contributed by atoms with van der Waals surface area (Å²) in [6, 6.07) is 0. The Morgan fingerprint density at radius 3 is 1.82 bits per heavy atom. The van der Waals surface area contributed by atoms with E-state index in [-0.39, 0.29) is 0 Å². The average molecular weight is 158 g/mol. The third kappa shape index (κ3) is 6.32. The van der Waals surface area contributed by atoms with Crippen LogP contribution in [0.15, 0.2) is 0 Å². The zero-order valence-electron chi connectivity index (χ0n) is 8.43. The normalized spacial score (nSPS) is 11.5. The predicted octanol–water partition coefficient (Wildman–Crippen LogP) is 1.28. The molecule has 0 atom stereocenters. The van der Waals surface area contributed by atoms with Crippen molar-refractivity contribution in [2.75, 3.05) is 40.3 Å². The fraction of sp³-hybridized carbons (Fsp3) is 1.00. The van der Waals surface area contributed by atoms with Crippen LogP contribution < -0.4 is 0 Å². The van der Waals surface area contributed by atoms with Crippen molar-refractivity contribution < 1.29 is 0 Å². The monoisotopic (exact) mass is 158 g/mol. The molecule has 0 amide bonds. The van der Waals surface area contributed by atoms with Gasteiger partial charge >= 0.3 is 0 Å². The van der Waals surface area contributed by atoms with E-state index in [1.165, 1.54) is 26.1 Å². The van der Waals surface area contributed by atoms with E-state index in [1.54, 1.807) is 0 Å². The fourth-order valence-electron chi connectivity index (χ4n) is 0.993. The Morgan fingerprint density at radius 1 is 0.818 bits per heavy atom. The van der Waals surface area contributed by atoms with Crippen LogP contribution in [0.2, 0.25) is 0 Å². The summed E-state index contributed by atoms with van der Waals surface area (Å²) < 4.78 is 0. The summed E-state index contributed by atoms with van der Waals surface area (Å²) >= 11 is 0. The van der Waals surface area contributed by atoms with Crippen molar-refractivity contribution in [2.24, 2.45) is 0 Å². The van der Waals surface area contributed by atoms with Crippen molar-refractivity contribution in [3.05, 3.63) is 0 Å². The summed E-state index contributed by atoms with van der Waals surface area (Å²) in [5, 5.41) is 0. The molecule has 0 aliphatic rings. The van der Waals surface area contributed by atoms with Gasteiger partial charge < -0.3 is 9.80 Å². The Labute approximate surface area is 71.2 Å². The van der Waals surface area contributed by atoms with E-state index in [0.29, 0.717) is 0 Å². The third-order valence-electron chi connectivity index (χ3n) is 2.01. The van der Waals surface area contributed by atoms with Gasteiger partial charge in [0.15, 0.2) is 0 Å². The van der Waals surface area contributed by atoms with Crippen molar-refractivity contribution in [1.29, 1.82) is 0 Å². The lowest BCUT2D eigenvalue weighted by Gasteiger charge is -2.19. The highest BCUT2D eigenvalue weighted by Gasteiger charge is 1.97. The molecule has 0 bridgehead atoms. The molecule has 0 saturated heterocycles. The zero-order chi connectivity index (χ0) is 8.69. The molecule has 0 fully saturated rings. The Morgan fingerprint density at radius 2 is 1.36 bits per heavy atom. The smallest absolute Gasteiger partial charge is 0.0106 e. The molecule has 0 aliphatic carbocycles. The summed E-state index contributed by atoms with van der Waals surface area (Å²) in [6.45, 7) is 9.17. The van der Waals surface area contributed by atoms with Gasteiger partial charge in [0.1, 0.15) is 0 Å². The number of likely N-dealkylation sites (N-methyl/N-ethyl adjacent to an activating group) is 2. The molecule has 0 aromatic carbocycles. The number of nitrogens with zero attached hydrogens (tertiary/aromatic N) is 2. The van der Waals surface area contributed by atoms with E-state index < -0.39 is 0 Å². The molecule has 0 aromatic rings. The Balaban J connectivity index is 3.22. The van der Waals surface area contributed by atoms with Gasteiger partial charge in [0.25, 0.3) is 0 Å². The maximum atomic E-state index is 2.38. The second-order valence-electron chi connectivity index (χ2n) is 3.20. The van der Waals surface area contributed by atoms with Gasteiger partial charge in [-0.3, -0.25) is 0 Å². The summed E-state index contributed by atoms with van der Waals surface area (Å²) in [5.41, 5.74) is 0. The first-order valence-corrected chi connectivity index (χ1v) is 4.57. The molecule has 0 unspecified atom stereocenters. The molecule has 2 heteroatoms. The van der Waals surface area contributed by atoms with E-state index in [4.69, 9.17) is 0 Å². The highest BCUT2D eigenvalue weighted by Crippen LogP contribution is 1.87. The molecule has 0 aromatic heterocycles. The lowest BCUT2D eigenvalue weighted by Crippen LogP contribution is -2.31. The maximum absolute atomic E-state index is 2.38. The molecule has 0 heterocycles. The molecule has 0 aliphatic heterocycles. The molecular weight excluding hydrogens is 136 g/mol. The lowest BCUT2D eigenvalue weighted by molar-refractivity contribution is 0.264. The quantitative estimate of drug-likeness (QED) is 0.574. The van der Waals surface area contributed by atoms with E-state index in [1.807, 2.05) is 0 Å². The van der Waals surface area contributed by atoms with Gasteiger partial charge in [-0.05, 0) is 33.6 Å². The topological polar surface area (TPSA) is 6.48 Å². The molecule has 0 N–H and O–H groups in total. The van der Waals surface area contributed by atoms with E-state index in [0.717, 1.165) is 6.54 Å². The first-order valence-electron chi connectivity index (χ1n) is 4.57. The van der Waals surface area contributed by atoms with Crippen LogP contribution >= 0.6 is 0 Å². The van der Waals surface area contributed by atoms with Crippen molar-refractivity contribution in [3.63, 3.8) is 0 Å². The highest BCUT2D eigenvalue weighted by molar-refractivity contribution is 4.54. The number of rotatable bonds is 6. The van der Waals surface area contributed by atoms with E-state index >= 15 is 0 Å². The molecule has 0 rings (SSSR count). The number of hydrogen-bond acceptors (Lipinski definition) is 2. The number of hydrogen-bond donors (Lipinski definition) is 0. The fourth-order valence-corrected chi connectivity index (χ4v) is 0.993. The van der Waals surface area contributed by atoms with Gasteiger partial charge in [0, 0.05) is 13.1 Å².